The van der Waals surface area contributed by atoms with Crippen LogP contribution in [0.4, 0.5) is 5.82 Å². The van der Waals surface area contributed by atoms with Crippen LogP contribution in [0.2, 0.25) is 5.02 Å². The van der Waals surface area contributed by atoms with Gasteiger partial charge in [-0.25, -0.2) is 9.97 Å². The molecule has 5 nitrogen and oxygen atoms in total. The molecule has 4 aromatic rings. The van der Waals surface area contributed by atoms with E-state index in [4.69, 9.17) is 16.6 Å². The van der Waals surface area contributed by atoms with Crippen LogP contribution in [0.15, 0.2) is 65.6 Å². The molecule has 0 aliphatic rings. The quantitative estimate of drug-likeness (QED) is 0.554. The van der Waals surface area contributed by atoms with Gasteiger partial charge in [0.2, 0.25) is 0 Å². The molecule has 0 saturated carbocycles. The molecule has 1 N–H and O–H groups in total. The summed E-state index contributed by atoms with van der Waals surface area (Å²) in [4.78, 5) is 22.2. The number of fused-ring (bicyclic) bond motifs is 1. The highest BCUT2D eigenvalue weighted by Crippen LogP contribution is 2.27. The lowest BCUT2D eigenvalue weighted by Crippen LogP contribution is -2.21. The topological polar surface area (TPSA) is 59.8 Å². The second kappa shape index (κ2) is 7.44. The van der Waals surface area contributed by atoms with E-state index in [1.54, 1.807) is 23.9 Å². The standard InChI is InChI=1S/C22H19ClN4O/c1-14-11-16(23)12-18-19(14)26-21(27(2)22(18)28)17-9-6-10-24-20(17)25-13-15-7-4-3-5-8-15/h3-12H,13H2,1-2H3,(H,24,25). The van der Waals surface area contributed by atoms with Crippen molar-refractivity contribution in [2.24, 2.45) is 7.05 Å². The van der Waals surface area contributed by atoms with Gasteiger partial charge in [-0.15, -0.1) is 0 Å². The zero-order valence-electron chi connectivity index (χ0n) is 15.6. The van der Waals surface area contributed by atoms with Crippen LogP contribution in [0.5, 0.6) is 0 Å². The Kier molecular flexibility index (Phi) is 4.84. The van der Waals surface area contributed by atoms with Crippen molar-refractivity contribution in [2.45, 2.75) is 13.5 Å². The van der Waals surface area contributed by atoms with Crippen molar-refractivity contribution >= 4 is 28.3 Å². The Labute approximate surface area is 167 Å². The molecule has 4 rings (SSSR count). The highest BCUT2D eigenvalue weighted by atomic mass is 35.5. The minimum absolute atomic E-state index is 0.136. The molecule has 0 atom stereocenters. The second-order valence-corrected chi connectivity index (χ2v) is 7.09. The Morgan fingerprint density at radius 2 is 1.89 bits per heavy atom. The number of nitrogens with zero attached hydrogens (tertiary/aromatic N) is 3. The molecule has 6 heteroatoms. The van der Waals surface area contributed by atoms with Crippen molar-refractivity contribution in [3.05, 3.63) is 87.3 Å². The van der Waals surface area contributed by atoms with Gasteiger partial charge in [-0.05, 0) is 42.3 Å². The van der Waals surface area contributed by atoms with E-state index < -0.39 is 0 Å². The summed E-state index contributed by atoms with van der Waals surface area (Å²) in [6, 6.07) is 17.3. The first-order chi connectivity index (χ1) is 13.5. The van der Waals surface area contributed by atoms with Gasteiger partial charge in [-0.2, -0.15) is 0 Å². The Balaban J connectivity index is 1.82. The molecule has 0 aliphatic heterocycles. The molecule has 2 heterocycles. The average Bonchev–Trinajstić information content (AvgIpc) is 2.71. The van der Waals surface area contributed by atoms with Gasteiger partial charge in [0, 0.05) is 24.8 Å². The summed E-state index contributed by atoms with van der Waals surface area (Å²) in [6.45, 7) is 2.53. The van der Waals surface area contributed by atoms with E-state index >= 15 is 0 Å². The minimum atomic E-state index is -0.136. The van der Waals surface area contributed by atoms with E-state index in [1.165, 1.54) is 0 Å². The van der Waals surface area contributed by atoms with E-state index in [1.807, 2.05) is 55.5 Å². The maximum Gasteiger partial charge on any atom is 0.261 e. The molecular formula is C22H19ClN4O. The van der Waals surface area contributed by atoms with Crippen LogP contribution in [0.1, 0.15) is 11.1 Å². The Bertz CT molecular complexity index is 1220. The van der Waals surface area contributed by atoms with E-state index in [-0.39, 0.29) is 5.56 Å². The number of pyridine rings is 1. The van der Waals surface area contributed by atoms with Gasteiger partial charge < -0.3 is 5.32 Å². The second-order valence-electron chi connectivity index (χ2n) is 6.66. The third-order valence-electron chi connectivity index (χ3n) is 4.69. The number of rotatable bonds is 4. The summed E-state index contributed by atoms with van der Waals surface area (Å²) in [6.07, 6.45) is 1.72. The molecule has 2 aromatic carbocycles. The number of hydrogen-bond donors (Lipinski definition) is 1. The molecule has 0 radical (unpaired) electrons. The molecule has 0 saturated heterocycles. The molecule has 140 valence electrons. The maximum atomic E-state index is 12.9. The van der Waals surface area contributed by atoms with Gasteiger partial charge in [-0.3, -0.25) is 9.36 Å². The number of benzene rings is 2. The van der Waals surface area contributed by atoms with Crippen molar-refractivity contribution in [3.8, 4) is 11.4 Å². The summed E-state index contributed by atoms with van der Waals surface area (Å²) in [5, 5.41) is 4.40. The first-order valence-electron chi connectivity index (χ1n) is 8.94. The fraction of sp³-hybridized carbons (Fsp3) is 0.136. The van der Waals surface area contributed by atoms with Crippen molar-refractivity contribution < 1.29 is 0 Å². The third-order valence-corrected chi connectivity index (χ3v) is 4.91. The molecule has 0 fully saturated rings. The molecule has 0 unspecified atom stereocenters. The fourth-order valence-electron chi connectivity index (χ4n) is 3.25. The average molecular weight is 391 g/mol. The zero-order chi connectivity index (χ0) is 19.7. The Morgan fingerprint density at radius 1 is 1.11 bits per heavy atom. The Hall–Kier alpha value is -3.18. The van der Waals surface area contributed by atoms with E-state index in [9.17, 15) is 4.79 Å². The first kappa shape index (κ1) is 18.2. The summed E-state index contributed by atoms with van der Waals surface area (Å²) in [5.41, 5.74) is 3.30. The van der Waals surface area contributed by atoms with Gasteiger partial charge in [0.05, 0.1) is 16.5 Å². The molecule has 28 heavy (non-hydrogen) atoms. The van der Waals surface area contributed by atoms with Crippen LogP contribution in [0.25, 0.3) is 22.3 Å². The van der Waals surface area contributed by atoms with Crippen LogP contribution in [0, 0.1) is 6.92 Å². The highest BCUT2D eigenvalue weighted by Gasteiger charge is 2.15. The molecule has 0 spiro atoms. The predicted molar refractivity (Wildman–Crippen MR) is 114 cm³/mol. The zero-order valence-corrected chi connectivity index (χ0v) is 16.4. The summed E-state index contributed by atoms with van der Waals surface area (Å²) >= 11 is 6.13. The number of hydrogen-bond acceptors (Lipinski definition) is 4. The van der Waals surface area contributed by atoms with Crippen molar-refractivity contribution in [1.29, 1.82) is 0 Å². The molecule has 0 bridgehead atoms. The van der Waals surface area contributed by atoms with E-state index in [2.05, 4.69) is 10.3 Å². The molecule has 0 amide bonds. The number of anilines is 1. The lowest BCUT2D eigenvalue weighted by Gasteiger charge is -2.14. The number of nitrogens with one attached hydrogen (secondary N) is 1. The van der Waals surface area contributed by atoms with Crippen LogP contribution in [0.3, 0.4) is 0 Å². The van der Waals surface area contributed by atoms with Crippen LogP contribution >= 0.6 is 11.6 Å². The normalized spacial score (nSPS) is 11.0. The number of halogens is 1. The summed E-state index contributed by atoms with van der Waals surface area (Å²) < 4.78 is 1.54. The summed E-state index contributed by atoms with van der Waals surface area (Å²) in [7, 11) is 1.72. The van der Waals surface area contributed by atoms with Gasteiger partial charge in [0.1, 0.15) is 11.6 Å². The highest BCUT2D eigenvalue weighted by molar-refractivity contribution is 6.31. The van der Waals surface area contributed by atoms with E-state index in [0.717, 1.165) is 16.7 Å². The van der Waals surface area contributed by atoms with Crippen molar-refractivity contribution in [1.82, 2.24) is 14.5 Å². The third kappa shape index (κ3) is 3.37. The lowest BCUT2D eigenvalue weighted by atomic mass is 10.1. The van der Waals surface area contributed by atoms with Gasteiger partial charge in [0.25, 0.3) is 5.56 Å². The molecule has 2 aromatic heterocycles. The maximum absolute atomic E-state index is 12.9. The predicted octanol–water partition coefficient (Wildman–Crippen LogP) is 4.57. The lowest BCUT2D eigenvalue weighted by molar-refractivity contribution is 0.854. The fourth-order valence-corrected chi connectivity index (χ4v) is 3.53. The van der Waals surface area contributed by atoms with Crippen molar-refractivity contribution in [3.63, 3.8) is 0 Å². The van der Waals surface area contributed by atoms with E-state index in [0.29, 0.717) is 34.1 Å². The van der Waals surface area contributed by atoms with Gasteiger partial charge in [0.15, 0.2) is 0 Å². The molecular weight excluding hydrogens is 372 g/mol. The Morgan fingerprint density at radius 3 is 2.68 bits per heavy atom. The van der Waals surface area contributed by atoms with Crippen molar-refractivity contribution in [2.75, 3.05) is 5.32 Å². The van der Waals surface area contributed by atoms with Crippen LogP contribution in [-0.2, 0) is 13.6 Å². The first-order valence-corrected chi connectivity index (χ1v) is 9.32. The minimum Gasteiger partial charge on any atom is -0.365 e. The molecule has 0 aliphatic carbocycles. The van der Waals surface area contributed by atoms with Gasteiger partial charge >= 0.3 is 0 Å². The summed E-state index contributed by atoms with van der Waals surface area (Å²) in [5.74, 6) is 1.24. The van der Waals surface area contributed by atoms with Gasteiger partial charge in [-0.1, -0.05) is 41.9 Å². The number of aromatic nitrogens is 3. The monoisotopic (exact) mass is 390 g/mol. The smallest absolute Gasteiger partial charge is 0.261 e. The number of aryl methyl sites for hydroxylation is 1. The van der Waals surface area contributed by atoms with Crippen LogP contribution < -0.4 is 10.9 Å². The SMILES string of the molecule is Cc1cc(Cl)cc2c(=O)n(C)c(-c3cccnc3NCc3ccccc3)nc12. The largest absolute Gasteiger partial charge is 0.365 e. The van der Waals surface area contributed by atoms with Crippen LogP contribution in [-0.4, -0.2) is 14.5 Å².